The summed E-state index contributed by atoms with van der Waals surface area (Å²) >= 11 is 0. The lowest BCUT2D eigenvalue weighted by Crippen LogP contribution is -2.51. The lowest BCUT2D eigenvalue weighted by atomic mass is 9.92. The number of piperidine rings is 1. The Morgan fingerprint density at radius 1 is 1.12 bits per heavy atom. The van der Waals surface area contributed by atoms with Crippen LogP contribution in [-0.4, -0.2) is 81.6 Å². The van der Waals surface area contributed by atoms with Crippen molar-refractivity contribution in [1.82, 2.24) is 29.9 Å². The first-order valence-corrected chi connectivity index (χ1v) is 9.10. The smallest absolute Gasteiger partial charge is 0.236 e. The number of piperazine rings is 1. The summed E-state index contributed by atoms with van der Waals surface area (Å²) in [5.41, 5.74) is 0. The van der Waals surface area contributed by atoms with E-state index in [2.05, 4.69) is 43.7 Å². The van der Waals surface area contributed by atoms with Gasteiger partial charge in [0.1, 0.15) is 5.82 Å². The van der Waals surface area contributed by atoms with Crippen molar-refractivity contribution in [2.75, 3.05) is 45.8 Å². The van der Waals surface area contributed by atoms with Gasteiger partial charge in [-0.1, -0.05) is 13.8 Å². The van der Waals surface area contributed by atoms with Crippen LogP contribution in [0.3, 0.4) is 0 Å². The van der Waals surface area contributed by atoms with Crippen molar-refractivity contribution in [1.29, 1.82) is 0 Å². The molecular weight excluding hydrogens is 304 g/mol. The van der Waals surface area contributed by atoms with Crippen LogP contribution < -0.4 is 0 Å². The summed E-state index contributed by atoms with van der Waals surface area (Å²) in [6.45, 7) is 13.4. The maximum Gasteiger partial charge on any atom is 0.236 e. The second kappa shape index (κ2) is 7.61. The molecule has 7 nitrogen and oxygen atoms in total. The molecular formula is C17H30N6O. The predicted octanol–water partition coefficient (Wildman–Crippen LogP) is 0.735. The van der Waals surface area contributed by atoms with Gasteiger partial charge in [0.05, 0.1) is 13.1 Å². The highest BCUT2D eigenvalue weighted by molar-refractivity contribution is 5.78. The van der Waals surface area contributed by atoms with Gasteiger partial charge in [-0.2, -0.15) is 5.10 Å². The normalized spacial score (nSPS) is 26.7. The molecule has 1 amide bonds. The number of rotatable bonds is 4. The Balaban J connectivity index is 1.42. The molecule has 2 atom stereocenters. The fourth-order valence-electron chi connectivity index (χ4n) is 3.92. The second-order valence-electron chi connectivity index (χ2n) is 7.63. The molecule has 0 aliphatic carbocycles. The van der Waals surface area contributed by atoms with Crippen LogP contribution in [0, 0.1) is 18.8 Å². The number of hydrogen-bond acceptors (Lipinski definition) is 5. The van der Waals surface area contributed by atoms with Gasteiger partial charge in [0.25, 0.3) is 0 Å². The van der Waals surface area contributed by atoms with E-state index in [1.54, 1.807) is 0 Å². The zero-order chi connectivity index (χ0) is 17.1. The number of hydrogen-bond donors (Lipinski definition) is 1. The molecule has 1 N–H and O–H groups in total. The van der Waals surface area contributed by atoms with Crippen LogP contribution in [0.15, 0.2) is 0 Å². The van der Waals surface area contributed by atoms with Crippen molar-refractivity contribution in [2.45, 2.75) is 33.7 Å². The van der Waals surface area contributed by atoms with Crippen LogP contribution in [0.1, 0.15) is 31.9 Å². The van der Waals surface area contributed by atoms with E-state index in [0.29, 0.717) is 24.3 Å². The van der Waals surface area contributed by atoms with Gasteiger partial charge < -0.3 is 4.90 Å². The van der Waals surface area contributed by atoms with Crippen molar-refractivity contribution < 1.29 is 4.79 Å². The molecule has 3 heterocycles. The Morgan fingerprint density at radius 3 is 2.33 bits per heavy atom. The van der Waals surface area contributed by atoms with E-state index in [4.69, 9.17) is 0 Å². The first kappa shape index (κ1) is 17.4. The first-order valence-electron chi connectivity index (χ1n) is 9.10. The van der Waals surface area contributed by atoms with E-state index in [1.165, 1.54) is 6.42 Å². The SMILES string of the molecule is Cc1nc(CN2CCN(CC(=O)N3C[C@H](C)C[C@H](C)C3)CC2)n[nH]1. The topological polar surface area (TPSA) is 68.4 Å². The second-order valence-corrected chi connectivity index (χ2v) is 7.63. The number of amides is 1. The maximum absolute atomic E-state index is 12.6. The van der Waals surface area contributed by atoms with Crippen LogP contribution in [-0.2, 0) is 11.3 Å². The van der Waals surface area contributed by atoms with Crippen LogP contribution >= 0.6 is 0 Å². The number of carbonyl (C=O) groups is 1. The van der Waals surface area contributed by atoms with Crippen LogP contribution in [0.2, 0.25) is 0 Å². The summed E-state index contributed by atoms with van der Waals surface area (Å²) in [4.78, 5) is 23.7. The van der Waals surface area contributed by atoms with Crippen molar-refractivity contribution in [3.8, 4) is 0 Å². The predicted molar refractivity (Wildman–Crippen MR) is 92.4 cm³/mol. The molecule has 7 heteroatoms. The van der Waals surface area contributed by atoms with Crippen LogP contribution in [0.25, 0.3) is 0 Å². The Labute approximate surface area is 144 Å². The lowest BCUT2D eigenvalue weighted by Gasteiger charge is -2.38. The summed E-state index contributed by atoms with van der Waals surface area (Å²) in [5.74, 6) is 3.26. The fraction of sp³-hybridized carbons (Fsp3) is 0.824. The third kappa shape index (κ3) is 4.54. The summed E-state index contributed by atoms with van der Waals surface area (Å²) in [7, 11) is 0. The minimum absolute atomic E-state index is 0.298. The Morgan fingerprint density at radius 2 is 1.75 bits per heavy atom. The molecule has 0 radical (unpaired) electrons. The van der Waals surface area contributed by atoms with Crippen LogP contribution in [0.5, 0.6) is 0 Å². The number of aromatic amines is 1. The number of likely N-dealkylation sites (tertiary alicyclic amines) is 1. The molecule has 134 valence electrons. The molecule has 0 spiro atoms. The Bertz CT molecular complexity index is 541. The summed E-state index contributed by atoms with van der Waals surface area (Å²) in [6.07, 6.45) is 1.24. The average molecular weight is 334 g/mol. The van der Waals surface area contributed by atoms with Crippen molar-refractivity contribution in [3.05, 3.63) is 11.6 Å². The number of carbonyl (C=O) groups excluding carboxylic acids is 1. The van der Waals surface area contributed by atoms with E-state index in [0.717, 1.165) is 57.5 Å². The van der Waals surface area contributed by atoms with Crippen molar-refractivity contribution in [2.24, 2.45) is 11.8 Å². The largest absolute Gasteiger partial charge is 0.341 e. The molecule has 0 saturated carbocycles. The first-order chi connectivity index (χ1) is 11.5. The van der Waals surface area contributed by atoms with Gasteiger partial charge in [0.2, 0.25) is 5.91 Å². The molecule has 3 rings (SSSR count). The van der Waals surface area contributed by atoms with Gasteiger partial charge in [-0.15, -0.1) is 0 Å². The zero-order valence-corrected chi connectivity index (χ0v) is 15.2. The van der Waals surface area contributed by atoms with Crippen LogP contribution in [0.4, 0.5) is 0 Å². The van der Waals surface area contributed by atoms with Crippen molar-refractivity contribution in [3.63, 3.8) is 0 Å². The van der Waals surface area contributed by atoms with Gasteiger partial charge in [0.15, 0.2) is 5.82 Å². The molecule has 24 heavy (non-hydrogen) atoms. The van der Waals surface area contributed by atoms with Gasteiger partial charge >= 0.3 is 0 Å². The standard InChI is InChI=1S/C17H30N6O/c1-13-8-14(2)10-23(9-13)17(24)12-22-6-4-21(5-7-22)11-16-18-15(3)19-20-16/h13-14H,4-12H2,1-3H3,(H,18,19,20)/t13-,14+. The maximum atomic E-state index is 12.6. The van der Waals surface area contributed by atoms with Gasteiger partial charge in [0, 0.05) is 39.3 Å². The van der Waals surface area contributed by atoms with E-state index < -0.39 is 0 Å². The molecule has 0 bridgehead atoms. The zero-order valence-electron chi connectivity index (χ0n) is 15.2. The van der Waals surface area contributed by atoms with E-state index in [1.807, 2.05) is 6.92 Å². The van der Waals surface area contributed by atoms with E-state index >= 15 is 0 Å². The number of aromatic nitrogens is 3. The average Bonchev–Trinajstić information content (AvgIpc) is 2.93. The highest BCUT2D eigenvalue weighted by Crippen LogP contribution is 2.21. The number of nitrogens with zero attached hydrogens (tertiary/aromatic N) is 5. The number of nitrogens with one attached hydrogen (secondary N) is 1. The highest BCUT2D eigenvalue weighted by Gasteiger charge is 2.27. The third-order valence-corrected chi connectivity index (χ3v) is 5.05. The van der Waals surface area contributed by atoms with Crippen molar-refractivity contribution >= 4 is 5.91 Å². The van der Waals surface area contributed by atoms with E-state index in [9.17, 15) is 4.79 Å². The molecule has 2 saturated heterocycles. The minimum atomic E-state index is 0.298. The van der Waals surface area contributed by atoms with Gasteiger partial charge in [-0.05, 0) is 25.2 Å². The summed E-state index contributed by atoms with van der Waals surface area (Å²) in [6, 6.07) is 0. The van der Waals surface area contributed by atoms with Gasteiger partial charge in [-0.25, -0.2) is 4.98 Å². The Hall–Kier alpha value is -1.47. The Kier molecular flexibility index (Phi) is 5.50. The van der Waals surface area contributed by atoms with Gasteiger partial charge in [-0.3, -0.25) is 19.7 Å². The molecule has 2 fully saturated rings. The molecule has 0 aromatic carbocycles. The molecule has 0 unspecified atom stereocenters. The highest BCUT2D eigenvalue weighted by atomic mass is 16.2. The number of aryl methyl sites for hydroxylation is 1. The summed E-state index contributed by atoms with van der Waals surface area (Å²) in [5, 5.41) is 7.09. The monoisotopic (exact) mass is 334 g/mol. The molecule has 1 aromatic rings. The molecule has 2 aliphatic rings. The minimum Gasteiger partial charge on any atom is -0.341 e. The molecule has 2 aliphatic heterocycles. The summed E-state index contributed by atoms with van der Waals surface area (Å²) < 4.78 is 0. The number of H-pyrrole nitrogens is 1. The lowest BCUT2D eigenvalue weighted by molar-refractivity contribution is -0.135. The quantitative estimate of drug-likeness (QED) is 0.879. The van der Waals surface area contributed by atoms with E-state index in [-0.39, 0.29) is 0 Å². The molecule has 1 aromatic heterocycles. The third-order valence-electron chi connectivity index (χ3n) is 5.05. The fourth-order valence-corrected chi connectivity index (χ4v) is 3.92.